The van der Waals surface area contributed by atoms with Gasteiger partial charge in [-0.25, -0.2) is 0 Å². The zero-order valence-corrected chi connectivity index (χ0v) is 10.7. The molecule has 0 saturated carbocycles. The van der Waals surface area contributed by atoms with Crippen molar-refractivity contribution in [3.05, 3.63) is 35.4 Å². The minimum Gasteiger partial charge on any atom is -0.320 e. The second kappa shape index (κ2) is 7.42. The number of nitrogens with one attached hydrogen (secondary N) is 2. The summed E-state index contributed by atoms with van der Waals surface area (Å²) >= 11 is 0. The van der Waals surface area contributed by atoms with E-state index in [1.165, 1.54) is 24.0 Å². The Labute approximate surface area is 99.5 Å². The minimum atomic E-state index is 0.461. The third kappa shape index (κ3) is 3.95. The van der Waals surface area contributed by atoms with Crippen LogP contribution in [0.3, 0.4) is 0 Å². The van der Waals surface area contributed by atoms with Gasteiger partial charge in [-0.05, 0) is 44.6 Å². The first-order chi connectivity index (χ1) is 7.81. The van der Waals surface area contributed by atoms with Crippen molar-refractivity contribution in [2.45, 2.75) is 32.2 Å². The Balaban J connectivity index is 2.62. The lowest BCUT2D eigenvalue weighted by atomic mass is 10.0. The van der Waals surface area contributed by atoms with Gasteiger partial charge in [-0.15, -0.1) is 0 Å². The highest BCUT2D eigenvalue weighted by Gasteiger charge is 2.07. The molecule has 2 heteroatoms. The Morgan fingerprint density at radius 3 is 2.31 bits per heavy atom. The predicted octanol–water partition coefficient (Wildman–Crippen LogP) is 2.51. The minimum absolute atomic E-state index is 0.461. The monoisotopic (exact) mass is 220 g/mol. The molecule has 0 saturated heterocycles. The fourth-order valence-electron chi connectivity index (χ4n) is 1.97. The van der Waals surface area contributed by atoms with Crippen LogP contribution in [-0.2, 0) is 6.42 Å². The largest absolute Gasteiger partial charge is 0.320 e. The third-order valence-corrected chi connectivity index (χ3v) is 2.95. The van der Waals surface area contributed by atoms with Crippen LogP contribution in [0.1, 0.15) is 36.9 Å². The molecule has 1 aromatic carbocycles. The number of benzene rings is 1. The van der Waals surface area contributed by atoms with Crippen molar-refractivity contribution < 1.29 is 0 Å². The highest BCUT2D eigenvalue weighted by Crippen LogP contribution is 2.17. The second-order valence-electron chi connectivity index (χ2n) is 4.23. The van der Waals surface area contributed by atoms with Crippen molar-refractivity contribution in [2.75, 3.05) is 20.6 Å². The van der Waals surface area contributed by atoms with E-state index in [1.54, 1.807) is 0 Å². The summed E-state index contributed by atoms with van der Waals surface area (Å²) in [6.07, 6.45) is 3.52. The average Bonchev–Trinajstić information content (AvgIpc) is 2.32. The van der Waals surface area contributed by atoms with Gasteiger partial charge in [-0.2, -0.15) is 0 Å². The van der Waals surface area contributed by atoms with Gasteiger partial charge in [0.25, 0.3) is 0 Å². The Kier molecular flexibility index (Phi) is 6.12. The molecule has 0 aliphatic carbocycles. The van der Waals surface area contributed by atoms with Gasteiger partial charge in [0.15, 0.2) is 0 Å². The predicted molar refractivity (Wildman–Crippen MR) is 70.8 cm³/mol. The molecule has 2 N–H and O–H groups in total. The normalized spacial score (nSPS) is 12.7. The Morgan fingerprint density at radius 2 is 1.81 bits per heavy atom. The second-order valence-corrected chi connectivity index (χ2v) is 4.23. The molecule has 0 aliphatic rings. The summed E-state index contributed by atoms with van der Waals surface area (Å²) in [4.78, 5) is 0. The number of hydrogen-bond donors (Lipinski definition) is 2. The van der Waals surface area contributed by atoms with Crippen LogP contribution in [0.5, 0.6) is 0 Å². The number of rotatable bonds is 7. The maximum Gasteiger partial charge on any atom is 0.0329 e. The molecule has 0 radical (unpaired) electrons. The third-order valence-electron chi connectivity index (χ3n) is 2.95. The van der Waals surface area contributed by atoms with E-state index < -0.39 is 0 Å². The van der Waals surface area contributed by atoms with Gasteiger partial charge in [-0.1, -0.05) is 37.6 Å². The Hall–Kier alpha value is -0.860. The first kappa shape index (κ1) is 13.2. The molecular formula is C14H24N2. The lowest BCUT2D eigenvalue weighted by Gasteiger charge is -2.16. The molecule has 0 fully saturated rings. The van der Waals surface area contributed by atoms with Crippen molar-refractivity contribution in [3.8, 4) is 0 Å². The lowest BCUT2D eigenvalue weighted by molar-refractivity contribution is 0.533. The zero-order chi connectivity index (χ0) is 11.8. The summed E-state index contributed by atoms with van der Waals surface area (Å²) in [5.41, 5.74) is 2.83. The van der Waals surface area contributed by atoms with E-state index in [1.807, 2.05) is 14.1 Å². The van der Waals surface area contributed by atoms with Crippen LogP contribution in [-0.4, -0.2) is 20.6 Å². The van der Waals surface area contributed by atoms with Crippen molar-refractivity contribution in [1.82, 2.24) is 10.6 Å². The van der Waals surface area contributed by atoms with E-state index in [-0.39, 0.29) is 0 Å². The molecular weight excluding hydrogens is 196 g/mol. The van der Waals surface area contributed by atoms with Crippen molar-refractivity contribution in [3.63, 3.8) is 0 Å². The maximum atomic E-state index is 3.36. The van der Waals surface area contributed by atoms with E-state index in [0.29, 0.717) is 6.04 Å². The van der Waals surface area contributed by atoms with Gasteiger partial charge in [0.2, 0.25) is 0 Å². The molecule has 1 atom stereocenters. The highest BCUT2D eigenvalue weighted by atomic mass is 14.9. The standard InChI is InChI=1S/C14H24N2/c1-4-5-12-6-8-13(9-7-12)14(16-3)10-11-15-2/h6-9,14-16H,4-5,10-11H2,1-3H3. The van der Waals surface area contributed by atoms with Crippen LogP contribution in [0.25, 0.3) is 0 Å². The molecule has 90 valence electrons. The van der Waals surface area contributed by atoms with E-state index in [9.17, 15) is 0 Å². The van der Waals surface area contributed by atoms with Crippen molar-refractivity contribution in [2.24, 2.45) is 0 Å². The van der Waals surface area contributed by atoms with Crippen LogP contribution >= 0.6 is 0 Å². The van der Waals surface area contributed by atoms with E-state index in [0.717, 1.165) is 13.0 Å². The van der Waals surface area contributed by atoms with Gasteiger partial charge in [-0.3, -0.25) is 0 Å². The summed E-state index contributed by atoms with van der Waals surface area (Å²) < 4.78 is 0. The van der Waals surface area contributed by atoms with E-state index in [4.69, 9.17) is 0 Å². The molecule has 0 spiro atoms. The van der Waals surface area contributed by atoms with Crippen LogP contribution in [0, 0.1) is 0 Å². The van der Waals surface area contributed by atoms with Crippen molar-refractivity contribution >= 4 is 0 Å². The first-order valence-corrected chi connectivity index (χ1v) is 6.22. The molecule has 1 unspecified atom stereocenters. The summed E-state index contributed by atoms with van der Waals surface area (Å²) in [6.45, 7) is 3.26. The number of aryl methyl sites for hydroxylation is 1. The van der Waals surface area contributed by atoms with Gasteiger partial charge >= 0.3 is 0 Å². The summed E-state index contributed by atoms with van der Waals surface area (Å²) in [7, 11) is 4.03. The molecule has 2 nitrogen and oxygen atoms in total. The highest BCUT2D eigenvalue weighted by molar-refractivity contribution is 5.25. The van der Waals surface area contributed by atoms with Gasteiger partial charge in [0, 0.05) is 6.04 Å². The van der Waals surface area contributed by atoms with Crippen LogP contribution in [0.15, 0.2) is 24.3 Å². The fourth-order valence-corrected chi connectivity index (χ4v) is 1.97. The molecule has 0 amide bonds. The molecule has 1 aromatic rings. The van der Waals surface area contributed by atoms with Crippen LogP contribution in [0.2, 0.25) is 0 Å². The quantitative estimate of drug-likeness (QED) is 0.738. The molecule has 0 aliphatic heterocycles. The molecule has 16 heavy (non-hydrogen) atoms. The van der Waals surface area contributed by atoms with Crippen molar-refractivity contribution in [1.29, 1.82) is 0 Å². The Morgan fingerprint density at radius 1 is 1.12 bits per heavy atom. The average molecular weight is 220 g/mol. The maximum absolute atomic E-state index is 3.36. The van der Waals surface area contributed by atoms with Gasteiger partial charge in [0.05, 0.1) is 0 Å². The topological polar surface area (TPSA) is 24.1 Å². The molecule has 1 rings (SSSR count). The molecule has 0 bridgehead atoms. The van der Waals surface area contributed by atoms with Gasteiger partial charge < -0.3 is 10.6 Å². The smallest absolute Gasteiger partial charge is 0.0329 e. The fraction of sp³-hybridized carbons (Fsp3) is 0.571. The summed E-state index contributed by atoms with van der Waals surface area (Å²) in [5.74, 6) is 0. The number of hydrogen-bond acceptors (Lipinski definition) is 2. The van der Waals surface area contributed by atoms with Crippen LogP contribution < -0.4 is 10.6 Å². The van der Waals surface area contributed by atoms with E-state index >= 15 is 0 Å². The summed E-state index contributed by atoms with van der Waals surface area (Å²) in [6, 6.07) is 9.47. The van der Waals surface area contributed by atoms with Crippen LogP contribution in [0.4, 0.5) is 0 Å². The van der Waals surface area contributed by atoms with E-state index in [2.05, 4.69) is 41.8 Å². The zero-order valence-electron chi connectivity index (χ0n) is 10.7. The molecule has 0 heterocycles. The SMILES string of the molecule is CCCc1ccc(C(CCNC)NC)cc1. The molecule has 0 aromatic heterocycles. The Bertz CT molecular complexity index is 279. The summed E-state index contributed by atoms with van der Waals surface area (Å²) in [5, 5.41) is 6.56. The lowest BCUT2D eigenvalue weighted by Crippen LogP contribution is -2.21. The first-order valence-electron chi connectivity index (χ1n) is 6.22. The van der Waals surface area contributed by atoms with Gasteiger partial charge in [0.1, 0.15) is 0 Å².